The second kappa shape index (κ2) is 4.50. The number of nitrogens with zero attached hydrogens (tertiary/aromatic N) is 1. The lowest BCUT2D eigenvalue weighted by Gasteiger charge is -2.43. The number of halogens is 3. The van der Waals surface area contributed by atoms with Crippen molar-refractivity contribution in [3.63, 3.8) is 0 Å². The smallest absolute Gasteiger partial charge is 0.330 e. The third-order valence-electron chi connectivity index (χ3n) is 3.15. The van der Waals surface area contributed by atoms with E-state index in [0.717, 1.165) is 4.90 Å². The Balaban J connectivity index is 2.96. The lowest BCUT2D eigenvalue weighted by atomic mass is 9.83. The summed E-state index contributed by atoms with van der Waals surface area (Å²) in [5, 5.41) is 0. The van der Waals surface area contributed by atoms with Crippen LogP contribution in [-0.4, -0.2) is 29.6 Å². The molecule has 0 aliphatic carbocycles. The van der Waals surface area contributed by atoms with Crippen molar-refractivity contribution in [2.45, 2.75) is 52.8 Å². The number of piperidine rings is 1. The van der Waals surface area contributed by atoms with Gasteiger partial charge < -0.3 is 4.90 Å². The van der Waals surface area contributed by atoms with Gasteiger partial charge in [0.15, 0.2) is 0 Å². The Morgan fingerprint density at radius 3 is 2.18 bits per heavy atom. The molecule has 0 aromatic heterocycles. The van der Waals surface area contributed by atoms with Crippen LogP contribution in [-0.2, 0) is 4.79 Å². The molecule has 0 radical (unpaired) electrons. The van der Waals surface area contributed by atoms with Gasteiger partial charge >= 0.3 is 6.18 Å². The Morgan fingerprint density at radius 2 is 1.82 bits per heavy atom. The first-order chi connectivity index (χ1) is 7.53. The Kier molecular flexibility index (Phi) is 3.79. The molecule has 100 valence electrons. The van der Waals surface area contributed by atoms with Gasteiger partial charge in [0.1, 0.15) is 6.04 Å². The van der Waals surface area contributed by atoms with Crippen LogP contribution >= 0.6 is 0 Å². The standard InChI is InChI=1S/C12H20F3NO/c1-8-5-6-16(9(17)7-8)10(11(2,3)4)12(13,14)15/h8,10H,5-7H2,1-4H3. The molecule has 0 bridgehead atoms. The average molecular weight is 251 g/mol. The van der Waals surface area contributed by atoms with Crippen LogP contribution in [0.25, 0.3) is 0 Å². The van der Waals surface area contributed by atoms with E-state index in [-0.39, 0.29) is 24.8 Å². The molecular formula is C12H20F3NO. The molecule has 0 spiro atoms. The normalized spacial score (nSPS) is 25.0. The van der Waals surface area contributed by atoms with Crippen molar-refractivity contribution in [3.8, 4) is 0 Å². The molecule has 0 saturated carbocycles. The highest BCUT2D eigenvalue weighted by Gasteiger charge is 2.52. The Labute approximate surface area is 100 Å². The van der Waals surface area contributed by atoms with Crippen LogP contribution in [0.5, 0.6) is 0 Å². The van der Waals surface area contributed by atoms with E-state index in [0.29, 0.717) is 6.42 Å². The molecular weight excluding hydrogens is 231 g/mol. The minimum absolute atomic E-state index is 0.188. The van der Waals surface area contributed by atoms with Gasteiger partial charge in [-0.15, -0.1) is 0 Å². The summed E-state index contributed by atoms with van der Waals surface area (Å²) in [6.07, 6.45) is -3.49. The molecule has 2 atom stereocenters. The van der Waals surface area contributed by atoms with E-state index in [2.05, 4.69) is 0 Å². The molecule has 0 aromatic rings. The number of carbonyl (C=O) groups is 1. The van der Waals surface area contributed by atoms with Crippen LogP contribution in [0, 0.1) is 11.3 Å². The number of likely N-dealkylation sites (tertiary alicyclic amines) is 1. The third-order valence-corrected chi connectivity index (χ3v) is 3.15. The monoisotopic (exact) mass is 251 g/mol. The number of carbonyl (C=O) groups excluding carboxylic acids is 1. The van der Waals surface area contributed by atoms with E-state index in [4.69, 9.17) is 0 Å². The quantitative estimate of drug-likeness (QED) is 0.700. The van der Waals surface area contributed by atoms with Crippen molar-refractivity contribution in [1.29, 1.82) is 0 Å². The van der Waals surface area contributed by atoms with Gasteiger partial charge in [-0.3, -0.25) is 4.79 Å². The van der Waals surface area contributed by atoms with E-state index in [1.807, 2.05) is 6.92 Å². The molecule has 0 N–H and O–H groups in total. The number of hydrogen-bond donors (Lipinski definition) is 0. The zero-order valence-corrected chi connectivity index (χ0v) is 10.8. The molecule has 2 nitrogen and oxygen atoms in total. The topological polar surface area (TPSA) is 20.3 Å². The Bertz CT molecular complexity index is 279. The second-order valence-electron chi connectivity index (χ2n) is 6.00. The van der Waals surface area contributed by atoms with Crippen LogP contribution in [0.1, 0.15) is 40.5 Å². The zero-order chi connectivity index (χ0) is 13.4. The van der Waals surface area contributed by atoms with Crippen molar-refractivity contribution in [3.05, 3.63) is 0 Å². The number of amides is 1. The van der Waals surface area contributed by atoms with Crippen LogP contribution < -0.4 is 0 Å². The van der Waals surface area contributed by atoms with Crippen molar-refractivity contribution in [2.75, 3.05) is 6.54 Å². The summed E-state index contributed by atoms with van der Waals surface area (Å²) in [4.78, 5) is 12.8. The van der Waals surface area contributed by atoms with E-state index in [1.165, 1.54) is 20.8 Å². The molecule has 1 rings (SSSR count). The van der Waals surface area contributed by atoms with Gasteiger partial charge in [-0.25, -0.2) is 0 Å². The first-order valence-electron chi connectivity index (χ1n) is 5.89. The number of rotatable bonds is 1. The maximum atomic E-state index is 13.1. The van der Waals surface area contributed by atoms with Gasteiger partial charge in [-0.05, 0) is 17.8 Å². The number of hydrogen-bond acceptors (Lipinski definition) is 1. The highest BCUT2D eigenvalue weighted by atomic mass is 19.4. The summed E-state index contributed by atoms with van der Waals surface area (Å²) in [6.45, 7) is 6.68. The fraction of sp³-hybridized carbons (Fsp3) is 0.917. The molecule has 17 heavy (non-hydrogen) atoms. The molecule has 1 fully saturated rings. The van der Waals surface area contributed by atoms with Gasteiger partial charge in [-0.1, -0.05) is 27.7 Å². The van der Waals surface area contributed by atoms with E-state index in [9.17, 15) is 18.0 Å². The molecule has 1 saturated heterocycles. The van der Waals surface area contributed by atoms with Gasteiger partial charge in [0.25, 0.3) is 0 Å². The molecule has 1 aliphatic rings. The lowest BCUT2D eigenvalue weighted by Crippen LogP contribution is -2.57. The summed E-state index contributed by atoms with van der Waals surface area (Å²) in [5.74, 6) is -0.186. The van der Waals surface area contributed by atoms with E-state index >= 15 is 0 Å². The maximum absolute atomic E-state index is 13.1. The van der Waals surface area contributed by atoms with Gasteiger partial charge in [0.2, 0.25) is 5.91 Å². The fourth-order valence-corrected chi connectivity index (χ4v) is 2.41. The first kappa shape index (κ1) is 14.3. The second-order valence-corrected chi connectivity index (χ2v) is 6.00. The largest absolute Gasteiger partial charge is 0.409 e. The molecule has 2 unspecified atom stereocenters. The van der Waals surface area contributed by atoms with Crippen LogP contribution in [0.3, 0.4) is 0 Å². The van der Waals surface area contributed by atoms with Crippen molar-refractivity contribution in [2.24, 2.45) is 11.3 Å². The van der Waals surface area contributed by atoms with Gasteiger partial charge in [0, 0.05) is 13.0 Å². The fourth-order valence-electron chi connectivity index (χ4n) is 2.41. The summed E-state index contributed by atoms with van der Waals surface area (Å²) in [6, 6.07) is -1.69. The average Bonchev–Trinajstić information content (AvgIpc) is 2.04. The summed E-state index contributed by atoms with van der Waals surface area (Å²) in [7, 11) is 0. The van der Waals surface area contributed by atoms with E-state index in [1.54, 1.807) is 0 Å². The van der Waals surface area contributed by atoms with Crippen LogP contribution in [0.4, 0.5) is 13.2 Å². The minimum atomic E-state index is -4.37. The molecule has 1 aliphatic heterocycles. The summed E-state index contributed by atoms with van der Waals surface area (Å²) in [5.41, 5.74) is -0.992. The zero-order valence-electron chi connectivity index (χ0n) is 10.8. The highest BCUT2D eigenvalue weighted by Crippen LogP contribution is 2.39. The molecule has 5 heteroatoms. The maximum Gasteiger partial charge on any atom is 0.409 e. The third kappa shape index (κ3) is 3.36. The molecule has 1 amide bonds. The van der Waals surface area contributed by atoms with Crippen LogP contribution in [0.2, 0.25) is 0 Å². The Morgan fingerprint density at radius 1 is 1.29 bits per heavy atom. The van der Waals surface area contributed by atoms with Crippen molar-refractivity contribution >= 4 is 5.91 Å². The first-order valence-corrected chi connectivity index (χ1v) is 5.89. The Hall–Kier alpha value is -0.740. The molecule has 1 heterocycles. The van der Waals surface area contributed by atoms with Gasteiger partial charge in [-0.2, -0.15) is 13.2 Å². The summed E-state index contributed by atoms with van der Waals surface area (Å²) < 4.78 is 39.2. The predicted molar refractivity (Wildman–Crippen MR) is 59.4 cm³/mol. The van der Waals surface area contributed by atoms with Crippen molar-refractivity contribution in [1.82, 2.24) is 4.90 Å². The van der Waals surface area contributed by atoms with Crippen molar-refractivity contribution < 1.29 is 18.0 Å². The predicted octanol–water partition coefficient (Wildman–Crippen LogP) is 3.22. The molecule has 0 aromatic carbocycles. The van der Waals surface area contributed by atoms with Crippen LogP contribution in [0.15, 0.2) is 0 Å². The SMILES string of the molecule is CC1CCN(C(C(C)(C)C)C(F)(F)F)C(=O)C1. The number of alkyl halides is 3. The minimum Gasteiger partial charge on any atom is -0.330 e. The van der Waals surface area contributed by atoms with E-state index < -0.39 is 17.6 Å². The summed E-state index contributed by atoms with van der Waals surface area (Å²) >= 11 is 0. The lowest BCUT2D eigenvalue weighted by molar-refractivity contribution is -0.214. The highest BCUT2D eigenvalue weighted by molar-refractivity contribution is 5.77. The van der Waals surface area contributed by atoms with Gasteiger partial charge in [0.05, 0.1) is 0 Å².